The normalized spacial score (nSPS) is 21.8. The van der Waals surface area contributed by atoms with Gasteiger partial charge in [0, 0.05) is 24.6 Å². The van der Waals surface area contributed by atoms with Crippen LogP contribution in [0.5, 0.6) is 5.75 Å². The summed E-state index contributed by atoms with van der Waals surface area (Å²) in [5.41, 5.74) is -0.336. The van der Waals surface area contributed by atoms with Gasteiger partial charge >= 0.3 is 11.9 Å². The lowest BCUT2D eigenvalue weighted by Crippen LogP contribution is -2.52. The van der Waals surface area contributed by atoms with E-state index in [1.54, 1.807) is 67.7 Å². The van der Waals surface area contributed by atoms with Crippen molar-refractivity contribution in [3.8, 4) is 5.75 Å². The van der Waals surface area contributed by atoms with Crippen molar-refractivity contribution in [2.24, 2.45) is 5.92 Å². The average Bonchev–Trinajstić information content (AvgIpc) is 2.81. The van der Waals surface area contributed by atoms with E-state index < -0.39 is 40.6 Å². The molecule has 2 aromatic rings. The smallest absolute Gasteiger partial charge is 0.336 e. The van der Waals surface area contributed by atoms with Crippen LogP contribution in [0.2, 0.25) is 0 Å². The minimum Gasteiger partial charge on any atom is -0.497 e. The fourth-order valence-corrected chi connectivity index (χ4v) is 4.95. The van der Waals surface area contributed by atoms with Crippen molar-refractivity contribution in [3.63, 3.8) is 0 Å². The quantitative estimate of drug-likeness (QED) is 0.440. The zero-order valence-electron chi connectivity index (χ0n) is 24.5. The summed E-state index contributed by atoms with van der Waals surface area (Å²) in [6.45, 7) is 12.9. The highest BCUT2D eigenvalue weighted by Gasteiger charge is 2.53. The second kappa shape index (κ2) is 11.8. The third-order valence-electron chi connectivity index (χ3n) is 6.52. The Kier molecular flexibility index (Phi) is 9.16. The Morgan fingerprint density at radius 1 is 0.949 bits per heavy atom. The van der Waals surface area contributed by atoms with Gasteiger partial charge in [-0.25, -0.2) is 4.79 Å². The molecular formula is C32H43NO6. The van der Waals surface area contributed by atoms with Crippen LogP contribution in [0.3, 0.4) is 0 Å². The van der Waals surface area contributed by atoms with Gasteiger partial charge in [0.15, 0.2) is 0 Å². The van der Waals surface area contributed by atoms with Gasteiger partial charge < -0.3 is 24.6 Å². The highest BCUT2D eigenvalue weighted by molar-refractivity contribution is 5.94. The van der Waals surface area contributed by atoms with Gasteiger partial charge in [-0.05, 0) is 78.1 Å². The molecule has 0 fully saturated rings. The number of rotatable bonds is 8. The Balaban J connectivity index is 2.16. The predicted molar refractivity (Wildman–Crippen MR) is 151 cm³/mol. The monoisotopic (exact) mass is 537 g/mol. The van der Waals surface area contributed by atoms with Gasteiger partial charge in [-0.15, -0.1) is 0 Å². The maximum absolute atomic E-state index is 13.9. The first-order chi connectivity index (χ1) is 18.1. The summed E-state index contributed by atoms with van der Waals surface area (Å²) in [6, 6.07) is 17.2. The Labute approximate surface area is 232 Å². The molecule has 2 aromatic carbocycles. The lowest BCUT2D eigenvalue weighted by atomic mass is 9.65. The predicted octanol–water partition coefficient (Wildman–Crippen LogP) is 5.32. The van der Waals surface area contributed by atoms with Crippen LogP contribution < -0.4 is 10.1 Å². The molecule has 0 bridgehead atoms. The first-order valence-electron chi connectivity index (χ1n) is 13.4. The SMILES string of the molecule is COc1ccc([C@@H]2C(C(=O)OC(C)(C)C)=C(NCCc3ccccc3)C[C@](C)(O)[C@@H]2C(=O)OC(C)(C)C)cc1. The number of carbonyl (C=O) groups excluding carboxylic acids is 2. The van der Waals surface area contributed by atoms with E-state index in [-0.39, 0.29) is 6.42 Å². The van der Waals surface area contributed by atoms with Crippen LogP contribution in [0.1, 0.15) is 71.9 Å². The van der Waals surface area contributed by atoms with Gasteiger partial charge in [0.2, 0.25) is 0 Å². The van der Waals surface area contributed by atoms with Crippen molar-refractivity contribution >= 4 is 11.9 Å². The van der Waals surface area contributed by atoms with Crippen molar-refractivity contribution in [1.82, 2.24) is 5.32 Å². The standard InChI is InChI=1S/C32H43NO6/c1-30(2,3)38-28(34)26-24(33-19-18-21-12-10-9-11-13-21)20-32(7,36)27(29(35)39-31(4,5)6)25(26)22-14-16-23(37-8)17-15-22/h9-17,25,27,33,36H,18-20H2,1-8H3/t25-,27+,32+/m1/s1. The largest absolute Gasteiger partial charge is 0.497 e. The van der Waals surface area contributed by atoms with Gasteiger partial charge in [-0.2, -0.15) is 0 Å². The lowest BCUT2D eigenvalue weighted by Gasteiger charge is -2.44. The zero-order chi connectivity index (χ0) is 29.0. The van der Waals surface area contributed by atoms with Crippen LogP contribution in [0.15, 0.2) is 65.9 Å². The fraction of sp³-hybridized carbons (Fsp3) is 0.500. The molecule has 7 nitrogen and oxygen atoms in total. The molecule has 1 aliphatic carbocycles. The molecule has 39 heavy (non-hydrogen) atoms. The van der Waals surface area contributed by atoms with Crippen LogP contribution in [-0.2, 0) is 25.5 Å². The minimum absolute atomic E-state index is 0.0624. The molecule has 0 radical (unpaired) electrons. The molecule has 7 heteroatoms. The number of methoxy groups -OCH3 is 1. The Hall–Kier alpha value is -3.32. The summed E-state index contributed by atoms with van der Waals surface area (Å²) in [7, 11) is 1.57. The number of aliphatic hydroxyl groups is 1. The first-order valence-corrected chi connectivity index (χ1v) is 13.4. The van der Waals surface area contributed by atoms with Crippen molar-refractivity contribution in [2.45, 2.75) is 84.0 Å². The van der Waals surface area contributed by atoms with E-state index in [4.69, 9.17) is 14.2 Å². The lowest BCUT2D eigenvalue weighted by molar-refractivity contribution is -0.171. The van der Waals surface area contributed by atoms with E-state index in [1.807, 2.05) is 42.5 Å². The van der Waals surface area contributed by atoms with Gasteiger partial charge in [0.25, 0.3) is 0 Å². The van der Waals surface area contributed by atoms with E-state index in [1.165, 1.54) is 0 Å². The molecule has 212 valence electrons. The number of nitrogens with one attached hydrogen (secondary N) is 1. The van der Waals surface area contributed by atoms with E-state index in [0.29, 0.717) is 29.1 Å². The maximum Gasteiger partial charge on any atom is 0.336 e. The molecule has 3 rings (SSSR count). The molecule has 0 unspecified atom stereocenters. The molecule has 3 atom stereocenters. The van der Waals surface area contributed by atoms with Crippen molar-refractivity contribution in [2.75, 3.05) is 13.7 Å². The van der Waals surface area contributed by atoms with E-state index in [9.17, 15) is 14.7 Å². The fourth-order valence-electron chi connectivity index (χ4n) is 4.95. The highest BCUT2D eigenvalue weighted by atomic mass is 16.6. The number of carbonyl (C=O) groups is 2. The molecule has 0 aromatic heterocycles. The molecule has 0 saturated carbocycles. The molecular weight excluding hydrogens is 494 g/mol. The number of hydrogen-bond acceptors (Lipinski definition) is 7. The number of benzene rings is 2. The van der Waals surface area contributed by atoms with Gasteiger partial charge in [0.05, 0.1) is 24.2 Å². The Morgan fingerprint density at radius 3 is 2.08 bits per heavy atom. The van der Waals surface area contributed by atoms with E-state index >= 15 is 0 Å². The summed E-state index contributed by atoms with van der Waals surface area (Å²) in [6.07, 6.45) is 0.781. The Morgan fingerprint density at radius 2 is 1.54 bits per heavy atom. The van der Waals surface area contributed by atoms with E-state index in [2.05, 4.69) is 5.32 Å². The summed E-state index contributed by atoms with van der Waals surface area (Å²) in [4.78, 5) is 27.5. The zero-order valence-corrected chi connectivity index (χ0v) is 24.5. The number of hydrogen-bond donors (Lipinski definition) is 2. The molecule has 2 N–H and O–H groups in total. The second-order valence-corrected chi connectivity index (χ2v) is 12.4. The summed E-state index contributed by atoms with van der Waals surface area (Å²) in [5, 5.41) is 15.2. The van der Waals surface area contributed by atoms with Crippen molar-refractivity contribution in [1.29, 1.82) is 0 Å². The average molecular weight is 538 g/mol. The summed E-state index contributed by atoms with van der Waals surface area (Å²) in [5.74, 6) is -2.33. The van der Waals surface area contributed by atoms with Crippen LogP contribution >= 0.6 is 0 Å². The molecule has 0 spiro atoms. The minimum atomic E-state index is -1.51. The van der Waals surface area contributed by atoms with Crippen LogP contribution in [0.4, 0.5) is 0 Å². The first kappa shape index (κ1) is 30.2. The van der Waals surface area contributed by atoms with Crippen LogP contribution in [0, 0.1) is 5.92 Å². The Bertz CT molecular complexity index is 1170. The molecule has 0 aliphatic heterocycles. The number of ether oxygens (including phenoxy) is 3. The molecule has 0 saturated heterocycles. The van der Waals surface area contributed by atoms with Gasteiger partial charge in [0.1, 0.15) is 17.0 Å². The maximum atomic E-state index is 13.9. The third-order valence-corrected chi connectivity index (χ3v) is 6.52. The summed E-state index contributed by atoms with van der Waals surface area (Å²) >= 11 is 0. The molecule has 0 heterocycles. The highest BCUT2D eigenvalue weighted by Crippen LogP contribution is 2.48. The van der Waals surface area contributed by atoms with Crippen LogP contribution in [0.25, 0.3) is 0 Å². The topological polar surface area (TPSA) is 94.1 Å². The van der Waals surface area contributed by atoms with E-state index in [0.717, 1.165) is 12.0 Å². The third kappa shape index (κ3) is 8.09. The molecule has 1 aliphatic rings. The van der Waals surface area contributed by atoms with Gasteiger partial charge in [-0.3, -0.25) is 4.79 Å². The van der Waals surface area contributed by atoms with Crippen molar-refractivity contribution < 1.29 is 28.9 Å². The summed E-state index contributed by atoms with van der Waals surface area (Å²) < 4.78 is 17.0. The van der Waals surface area contributed by atoms with Crippen LogP contribution in [-0.4, -0.2) is 47.5 Å². The van der Waals surface area contributed by atoms with Gasteiger partial charge in [-0.1, -0.05) is 42.5 Å². The molecule has 0 amide bonds. The number of esters is 2. The second-order valence-electron chi connectivity index (χ2n) is 12.4. The van der Waals surface area contributed by atoms with Crippen molar-refractivity contribution in [3.05, 3.63) is 77.0 Å².